The fraction of sp³-hybridized carbons (Fsp3) is 0.333. The molecule has 0 spiro atoms. The molecule has 0 aliphatic heterocycles. The van der Waals surface area contributed by atoms with Crippen LogP contribution in [0.25, 0.3) is 0 Å². The lowest BCUT2D eigenvalue weighted by Crippen LogP contribution is -2.01. The van der Waals surface area contributed by atoms with Crippen LogP contribution in [0.2, 0.25) is 0 Å². The first-order valence-corrected chi connectivity index (χ1v) is 5.09. The molecule has 0 saturated carbocycles. The van der Waals surface area contributed by atoms with E-state index < -0.39 is 11.9 Å². The lowest BCUT2D eigenvalue weighted by Gasteiger charge is -1.95. The van der Waals surface area contributed by atoms with Gasteiger partial charge >= 0.3 is 11.9 Å². The zero-order valence-corrected chi connectivity index (χ0v) is 9.43. The van der Waals surface area contributed by atoms with Crippen molar-refractivity contribution in [2.75, 3.05) is 0 Å². The Hall–Kier alpha value is -1.84. The average molecular weight is 224 g/mol. The molecule has 4 nitrogen and oxygen atoms in total. The van der Waals surface area contributed by atoms with Gasteiger partial charge in [-0.3, -0.25) is 0 Å². The van der Waals surface area contributed by atoms with Crippen LogP contribution in [0.1, 0.15) is 47.4 Å². The molecule has 88 valence electrons. The Morgan fingerprint density at radius 2 is 1.38 bits per heavy atom. The Bertz CT molecular complexity index is 327. The topological polar surface area (TPSA) is 74.6 Å². The summed E-state index contributed by atoms with van der Waals surface area (Å²) in [5.74, 6) is -2.25. The Labute approximate surface area is 94.5 Å². The van der Waals surface area contributed by atoms with Gasteiger partial charge in [0.15, 0.2) is 0 Å². The minimum atomic E-state index is -1.13. The van der Waals surface area contributed by atoms with Gasteiger partial charge in [0.05, 0.1) is 11.1 Å². The van der Waals surface area contributed by atoms with Gasteiger partial charge in [0.2, 0.25) is 0 Å². The maximum Gasteiger partial charge on any atom is 0.335 e. The highest BCUT2D eigenvalue weighted by Gasteiger charge is 2.06. The van der Waals surface area contributed by atoms with Gasteiger partial charge in [-0.2, -0.15) is 0 Å². The van der Waals surface area contributed by atoms with Gasteiger partial charge in [0, 0.05) is 0 Å². The van der Waals surface area contributed by atoms with Crippen LogP contribution in [0.15, 0.2) is 24.3 Å². The summed E-state index contributed by atoms with van der Waals surface area (Å²) in [5, 5.41) is 17.0. The van der Waals surface area contributed by atoms with Crippen molar-refractivity contribution in [1.82, 2.24) is 0 Å². The van der Waals surface area contributed by atoms with E-state index >= 15 is 0 Å². The van der Waals surface area contributed by atoms with Crippen molar-refractivity contribution in [3.05, 3.63) is 35.4 Å². The summed E-state index contributed by atoms with van der Waals surface area (Å²) in [4.78, 5) is 20.8. The second-order valence-corrected chi connectivity index (χ2v) is 3.19. The minimum absolute atomic E-state index is 0.0186. The molecule has 4 heteroatoms. The predicted molar refractivity (Wildman–Crippen MR) is 60.9 cm³/mol. The van der Waals surface area contributed by atoms with E-state index in [2.05, 4.69) is 13.8 Å². The van der Waals surface area contributed by atoms with Gasteiger partial charge in [-0.05, 0) is 18.2 Å². The first kappa shape index (κ1) is 14.2. The highest BCUT2D eigenvalue weighted by Crippen LogP contribution is 2.04. The molecule has 16 heavy (non-hydrogen) atoms. The SMILES string of the molecule is CCCC.O=C(O)c1cccc(C(=O)O)c1. The summed E-state index contributed by atoms with van der Waals surface area (Å²) in [6.45, 7) is 4.36. The van der Waals surface area contributed by atoms with E-state index in [0.29, 0.717) is 0 Å². The van der Waals surface area contributed by atoms with E-state index in [1.807, 2.05) is 0 Å². The first-order chi connectivity index (χ1) is 7.52. The van der Waals surface area contributed by atoms with Gasteiger partial charge in [0.1, 0.15) is 0 Å². The van der Waals surface area contributed by atoms with E-state index in [0.717, 1.165) is 6.07 Å². The molecular weight excluding hydrogens is 208 g/mol. The second kappa shape index (κ2) is 7.45. The molecule has 1 aromatic rings. The summed E-state index contributed by atoms with van der Waals surface area (Å²) < 4.78 is 0. The van der Waals surface area contributed by atoms with E-state index in [-0.39, 0.29) is 11.1 Å². The number of carboxylic acid groups (broad SMARTS) is 2. The number of carbonyl (C=O) groups is 2. The number of rotatable bonds is 3. The minimum Gasteiger partial charge on any atom is -0.478 e. The Balaban J connectivity index is 0.000000487. The van der Waals surface area contributed by atoms with Gasteiger partial charge in [-0.25, -0.2) is 9.59 Å². The normalized spacial score (nSPS) is 8.88. The van der Waals surface area contributed by atoms with Crippen LogP contribution >= 0.6 is 0 Å². The van der Waals surface area contributed by atoms with Crippen molar-refractivity contribution in [3.63, 3.8) is 0 Å². The number of benzene rings is 1. The van der Waals surface area contributed by atoms with E-state index in [1.54, 1.807) is 0 Å². The summed E-state index contributed by atoms with van der Waals surface area (Å²) >= 11 is 0. The molecule has 0 fully saturated rings. The molecule has 0 aliphatic rings. The molecule has 0 unspecified atom stereocenters. The molecule has 0 heterocycles. The molecule has 0 bridgehead atoms. The van der Waals surface area contributed by atoms with E-state index in [1.165, 1.54) is 31.0 Å². The molecule has 0 aromatic heterocycles. The first-order valence-electron chi connectivity index (χ1n) is 5.09. The molecule has 1 rings (SSSR count). The van der Waals surface area contributed by atoms with Crippen molar-refractivity contribution >= 4 is 11.9 Å². The molecule has 0 radical (unpaired) electrons. The smallest absolute Gasteiger partial charge is 0.335 e. The summed E-state index contributed by atoms with van der Waals surface area (Å²) in [7, 11) is 0. The van der Waals surface area contributed by atoms with Crippen LogP contribution in [0, 0.1) is 0 Å². The number of unbranched alkanes of at least 4 members (excludes halogenated alkanes) is 1. The Morgan fingerprint density at radius 1 is 1.00 bits per heavy atom. The van der Waals surface area contributed by atoms with Crippen LogP contribution < -0.4 is 0 Å². The molecular formula is C12H16O4. The van der Waals surface area contributed by atoms with Crippen molar-refractivity contribution in [2.45, 2.75) is 26.7 Å². The van der Waals surface area contributed by atoms with Crippen LogP contribution in [0.5, 0.6) is 0 Å². The van der Waals surface area contributed by atoms with Gasteiger partial charge in [-0.15, -0.1) is 0 Å². The van der Waals surface area contributed by atoms with Gasteiger partial charge in [0.25, 0.3) is 0 Å². The van der Waals surface area contributed by atoms with Crippen LogP contribution in [-0.4, -0.2) is 22.2 Å². The molecule has 0 aliphatic carbocycles. The van der Waals surface area contributed by atoms with Crippen molar-refractivity contribution in [1.29, 1.82) is 0 Å². The fourth-order valence-corrected chi connectivity index (χ4v) is 0.785. The molecule has 0 atom stereocenters. The third-order valence-electron chi connectivity index (χ3n) is 1.86. The molecule has 0 saturated heterocycles. The van der Waals surface area contributed by atoms with Crippen LogP contribution in [0.4, 0.5) is 0 Å². The molecule has 0 amide bonds. The lowest BCUT2D eigenvalue weighted by atomic mass is 10.1. The van der Waals surface area contributed by atoms with E-state index in [9.17, 15) is 9.59 Å². The standard InChI is InChI=1S/C8H6O4.C4H10/c9-7(10)5-2-1-3-6(4-5)8(11)12;1-3-4-2/h1-4H,(H,9,10)(H,11,12);3-4H2,1-2H3. The van der Waals surface area contributed by atoms with Crippen molar-refractivity contribution in [2.24, 2.45) is 0 Å². The summed E-state index contributed by atoms with van der Waals surface area (Å²) in [5.41, 5.74) is -0.0372. The number of hydrogen-bond donors (Lipinski definition) is 2. The Morgan fingerprint density at radius 3 is 1.62 bits per heavy atom. The van der Waals surface area contributed by atoms with Crippen molar-refractivity contribution < 1.29 is 19.8 Å². The maximum atomic E-state index is 10.4. The van der Waals surface area contributed by atoms with Crippen LogP contribution in [0.3, 0.4) is 0 Å². The van der Waals surface area contributed by atoms with Gasteiger partial charge in [-0.1, -0.05) is 32.8 Å². The summed E-state index contributed by atoms with van der Waals surface area (Å²) in [6.07, 6.45) is 2.64. The second-order valence-electron chi connectivity index (χ2n) is 3.19. The largest absolute Gasteiger partial charge is 0.478 e. The number of aromatic carboxylic acids is 2. The van der Waals surface area contributed by atoms with Gasteiger partial charge < -0.3 is 10.2 Å². The van der Waals surface area contributed by atoms with E-state index in [4.69, 9.17) is 10.2 Å². The number of carboxylic acids is 2. The maximum absolute atomic E-state index is 10.4. The fourth-order valence-electron chi connectivity index (χ4n) is 0.785. The highest BCUT2D eigenvalue weighted by atomic mass is 16.4. The highest BCUT2D eigenvalue weighted by molar-refractivity contribution is 5.93. The Kier molecular flexibility index (Phi) is 6.59. The van der Waals surface area contributed by atoms with Crippen LogP contribution in [-0.2, 0) is 0 Å². The average Bonchev–Trinajstić information content (AvgIpc) is 2.29. The quantitative estimate of drug-likeness (QED) is 0.827. The van der Waals surface area contributed by atoms with Crippen molar-refractivity contribution in [3.8, 4) is 0 Å². The lowest BCUT2D eigenvalue weighted by molar-refractivity contribution is 0.0696. The molecule has 2 N–H and O–H groups in total. The zero-order valence-electron chi connectivity index (χ0n) is 9.43. The zero-order chi connectivity index (χ0) is 12.6. The predicted octanol–water partition coefficient (Wildman–Crippen LogP) is 2.89. The summed E-state index contributed by atoms with van der Waals surface area (Å²) in [6, 6.07) is 5.20. The molecule has 1 aromatic carbocycles. The number of hydrogen-bond acceptors (Lipinski definition) is 2. The monoisotopic (exact) mass is 224 g/mol. The third kappa shape index (κ3) is 5.14. The third-order valence-corrected chi connectivity index (χ3v) is 1.86.